The number of hydrogen-bond acceptors (Lipinski definition) is 6. The fourth-order valence-corrected chi connectivity index (χ4v) is 2.58. The van der Waals surface area contributed by atoms with Gasteiger partial charge in [0.05, 0.1) is 10.7 Å². The minimum Gasteiger partial charge on any atom is -0.378 e. The number of hydrogen-bond donors (Lipinski definition) is 0. The van der Waals surface area contributed by atoms with Gasteiger partial charge < -0.3 is 4.90 Å². The molecule has 3 rings (SSSR count). The van der Waals surface area contributed by atoms with Gasteiger partial charge in [-0.1, -0.05) is 4.91 Å². The van der Waals surface area contributed by atoms with E-state index in [0.29, 0.717) is 10.3 Å². The number of likely N-dealkylation sites (N-methyl/N-ethyl adjacent to an activating group) is 2. The molecule has 2 heterocycles. The number of anilines is 1. The van der Waals surface area contributed by atoms with Crippen LogP contribution in [0.4, 0.5) is 10.5 Å². The summed E-state index contributed by atoms with van der Waals surface area (Å²) >= 11 is 0. The average molecular weight is 329 g/mol. The van der Waals surface area contributed by atoms with Crippen molar-refractivity contribution in [3.63, 3.8) is 0 Å². The Kier molecular flexibility index (Phi) is 3.63. The number of nitroso groups, excluding NO2 is 1. The Morgan fingerprint density at radius 3 is 2.25 bits per heavy atom. The SMILES string of the molecule is CN1C(=O)C2C(=NN=C(c3ccc(N(C)C)cc3)[N+]2=O)N(C)C1=O. The Balaban J connectivity index is 2.01. The molecule has 1 saturated heterocycles. The standard InChI is InChI=1S/C15H17N6O3/c1-18(2)10-7-5-9(6-8-10)12-16-17-13-11(21(12)24)14(22)20(4)15(23)19(13)3/h5-8,11H,1-4H3/q+1. The molecule has 24 heavy (non-hydrogen) atoms. The first-order valence-electron chi connectivity index (χ1n) is 7.28. The lowest BCUT2D eigenvalue weighted by Crippen LogP contribution is -2.64. The summed E-state index contributed by atoms with van der Waals surface area (Å²) in [6, 6.07) is 5.41. The maximum atomic E-state index is 12.7. The lowest BCUT2D eigenvalue weighted by atomic mass is 10.1. The molecule has 2 aliphatic rings. The topological polar surface area (TPSA) is 88.7 Å². The van der Waals surface area contributed by atoms with Crippen molar-refractivity contribution in [3.05, 3.63) is 34.7 Å². The van der Waals surface area contributed by atoms with E-state index < -0.39 is 18.0 Å². The third-order valence-corrected chi connectivity index (χ3v) is 4.06. The van der Waals surface area contributed by atoms with Crippen LogP contribution in [0.5, 0.6) is 0 Å². The first-order chi connectivity index (χ1) is 11.3. The van der Waals surface area contributed by atoms with Crippen LogP contribution in [0.2, 0.25) is 0 Å². The van der Waals surface area contributed by atoms with Crippen LogP contribution in [-0.2, 0) is 4.79 Å². The number of carbonyl (C=O) groups excluding carboxylic acids is 2. The molecule has 1 aromatic rings. The van der Waals surface area contributed by atoms with Crippen LogP contribution in [0, 0.1) is 4.91 Å². The molecule has 1 unspecified atom stereocenters. The molecular weight excluding hydrogens is 312 g/mol. The highest BCUT2D eigenvalue weighted by atomic mass is 16.3. The summed E-state index contributed by atoms with van der Waals surface area (Å²) in [6.45, 7) is 0. The zero-order valence-corrected chi connectivity index (χ0v) is 13.8. The van der Waals surface area contributed by atoms with Crippen LogP contribution in [0.3, 0.4) is 0 Å². The second-order valence-electron chi connectivity index (χ2n) is 5.79. The number of fused-ring (bicyclic) bond motifs is 1. The van der Waals surface area contributed by atoms with E-state index in [9.17, 15) is 14.5 Å². The van der Waals surface area contributed by atoms with Gasteiger partial charge in [0.1, 0.15) is 0 Å². The van der Waals surface area contributed by atoms with Gasteiger partial charge in [-0.15, -0.1) is 0 Å². The van der Waals surface area contributed by atoms with Gasteiger partial charge in [-0.05, 0) is 29.4 Å². The molecule has 0 aromatic heterocycles. The van der Waals surface area contributed by atoms with E-state index in [1.165, 1.54) is 14.1 Å². The van der Waals surface area contributed by atoms with Gasteiger partial charge >= 0.3 is 11.9 Å². The summed E-state index contributed by atoms with van der Waals surface area (Å²) in [6.07, 6.45) is 0. The number of benzene rings is 1. The average Bonchev–Trinajstić information content (AvgIpc) is 2.58. The normalized spacial score (nSPS) is 20.7. The van der Waals surface area contributed by atoms with Crippen LogP contribution >= 0.6 is 0 Å². The number of rotatable bonds is 2. The molecule has 0 saturated carbocycles. The monoisotopic (exact) mass is 329 g/mol. The number of nitrogens with zero attached hydrogens (tertiary/aromatic N) is 6. The highest BCUT2D eigenvalue weighted by molar-refractivity contribution is 6.20. The second kappa shape index (κ2) is 5.52. The third-order valence-electron chi connectivity index (χ3n) is 4.06. The van der Waals surface area contributed by atoms with Gasteiger partial charge in [0.15, 0.2) is 0 Å². The molecule has 2 aliphatic heterocycles. The number of urea groups is 1. The molecule has 9 nitrogen and oxygen atoms in total. The van der Waals surface area contributed by atoms with E-state index in [0.717, 1.165) is 15.5 Å². The van der Waals surface area contributed by atoms with Crippen molar-refractivity contribution in [2.75, 3.05) is 33.1 Å². The van der Waals surface area contributed by atoms with Crippen molar-refractivity contribution in [2.24, 2.45) is 10.2 Å². The Morgan fingerprint density at radius 2 is 1.67 bits per heavy atom. The first kappa shape index (κ1) is 15.8. The predicted octanol–water partition coefficient (Wildman–Crippen LogP) is 0.498. The zero-order valence-electron chi connectivity index (χ0n) is 13.8. The Labute approximate surface area is 138 Å². The minimum atomic E-state index is -1.21. The Bertz CT molecular complexity index is 796. The fraction of sp³-hybridized carbons (Fsp3) is 0.333. The van der Waals surface area contributed by atoms with Gasteiger partial charge in [0.25, 0.3) is 11.9 Å². The molecule has 1 aromatic carbocycles. The molecule has 0 aliphatic carbocycles. The summed E-state index contributed by atoms with van der Waals surface area (Å²) in [5.41, 5.74) is 1.52. The molecule has 3 amide bonds. The summed E-state index contributed by atoms with van der Waals surface area (Å²) < 4.78 is 0.509. The lowest BCUT2D eigenvalue weighted by molar-refractivity contribution is -0.445. The van der Waals surface area contributed by atoms with Gasteiger partial charge in [-0.25, -0.2) is 4.79 Å². The van der Waals surface area contributed by atoms with Crippen molar-refractivity contribution in [1.82, 2.24) is 9.80 Å². The summed E-state index contributed by atoms with van der Waals surface area (Å²) in [5.74, 6) is -0.547. The zero-order chi connectivity index (χ0) is 17.6. The van der Waals surface area contributed by atoms with Crippen LogP contribution in [-0.4, -0.2) is 72.4 Å². The van der Waals surface area contributed by atoms with E-state index in [1.54, 1.807) is 12.1 Å². The lowest BCUT2D eigenvalue weighted by Gasteiger charge is -2.32. The van der Waals surface area contributed by atoms with Gasteiger partial charge in [0, 0.05) is 38.6 Å². The number of amidine groups is 2. The molecule has 0 spiro atoms. The van der Waals surface area contributed by atoms with Gasteiger partial charge in [0.2, 0.25) is 5.84 Å². The largest absolute Gasteiger partial charge is 0.396 e. The first-order valence-corrected chi connectivity index (χ1v) is 7.28. The Hall–Kier alpha value is -3.10. The molecule has 124 valence electrons. The van der Waals surface area contributed by atoms with Gasteiger partial charge in [-0.3, -0.25) is 14.6 Å². The molecule has 1 fully saturated rings. The second-order valence-corrected chi connectivity index (χ2v) is 5.79. The van der Waals surface area contributed by atoms with E-state index in [1.807, 2.05) is 31.1 Å². The predicted molar refractivity (Wildman–Crippen MR) is 88.1 cm³/mol. The van der Waals surface area contributed by atoms with E-state index >= 15 is 0 Å². The highest BCUT2D eigenvalue weighted by Crippen LogP contribution is 2.20. The van der Waals surface area contributed by atoms with Crippen molar-refractivity contribution in [1.29, 1.82) is 0 Å². The maximum Gasteiger partial charge on any atom is 0.396 e. The smallest absolute Gasteiger partial charge is 0.378 e. The quantitative estimate of drug-likeness (QED) is 0.739. The Morgan fingerprint density at radius 1 is 1.04 bits per heavy atom. The molecule has 0 bridgehead atoms. The van der Waals surface area contributed by atoms with E-state index in [4.69, 9.17) is 0 Å². The van der Waals surface area contributed by atoms with Crippen LogP contribution < -0.4 is 4.90 Å². The summed E-state index contributed by atoms with van der Waals surface area (Å²) in [5, 5.41) is 7.87. The van der Waals surface area contributed by atoms with Crippen molar-refractivity contribution >= 4 is 29.3 Å². The van der Waals surface area contributed by atoms with Crippen molar-refractivity contribution in [3.8, 4) is 0 Å². The summed E-state index contributed by atoms with van der Waals surface area (Å²) in [7, 11) is 6.61. The molecule has 1 atom stereocenters. The number of amides is 3. The van der Waals surface area contributed by atoms with Crippen LogP contribution in [0.15, 0.2) is 34.5 Å². The molecule has 9 heteroatoms. The van der Waals surface area contributed by atoms with E-state index in [-0.39, 0.29) is 11.7 Å². The van der Waals surface area contributed by atoms with E-state index in [2.05, 4.69) is 10.2 Å². The van der Waals surface area contributed by atoms with Crippen LogP contribution in [0.1, 0.15) is 5.56 Å². The van der Waals surface area contributed by atoms with Crippen molar-refractivity contribution in [2.45, 2.75) is 6.04 Å². The maximum absolute atomic E-state index is 12.7. The molecule has 0 N–H and O–H groups in total. The number of carbonyl (C=O) groups is 2. The van der Waals surface area contributed by atoms with Crippen molar-refractivity contribution < 1.29 is 14.3 Å². The molecule has 0 radical (unpaired) electrons. The van der Waals surface area contributed by atoms with Crippen LogP contribution in [0.25, 0.3) is 0 Å². The third kappa shape index (κ3) is 2.25. The summed E-state index contributed by atoms with van der Waals surface area (Å²) in [4.78, 5) is 41.0. The molecular formula is C15H17N6O3+. The highest BCUT2D eigenvalue weighted by Gasteiger charge is 2.52. The fourth-order valence-electron chi connectivity index (χ4n) is 2.58. The van der Waals surface area contributed by atoms with Gasteiger partial charge in [-0.2, -0.15) is 0 Å². The number of imide groups is 1. The minimum absolute atomic E-state index is 0.0340.